The molecule has 0 spiro atoms. The maximum Gasteiger partial charge on any atom is 0.139 e. The van der Waals surface area contributed by atoms with Gasteiger partial charge >= 0.3 is 0 Å². The number of benzene rings is 1. The molecule has 0 atom stereocenters. The van der Waals surface area contributed by atoms with Crippen molar-refractivity contribution >= 4 is 5.69 Å². The topological polar surface area (TPSA) is 23.5 Å². The number of para-hydroxylation sites is 1. The van der Waals surface area contributed by atoms with Crippen LogP contribution in [0.1, 0.15) is 18.4 Å². The first-order chi connectivity index (χ1) is 6.29. The Hall–Kier alpha value is -1.18. The van der Waals surface area contributed by atoms with Crippen LogP contribution in [-0.4, -0.2) is 18.2 Å². The van der Waals surface area contributed by atoms with E-state index in [0.29, 0.717) is 5.75 Å². The lowest BCUT2D eigenvalue weighted by atomic mass is 10.1. The van der Waals surface area contributed by atoms with E-state index in [1.54, 1.807) is 6.07 Å². The van der Waals surface area contributed by atoms with Crippen molar-refractivity contribution in [1.29, 1.82) is 0 Å². The highest BCUT2D eigenvalue weighted by Crippen LogP contribution is 2.32. The summed E-state index contributed by atoms with van der Waals surface area (Å²) in [5.41, 5.74) is 2.20. The molecule has 0 aliphatic carbocycles. The summed E-state index contributed by atoms with van der Waals surface area (Å²) < 4.78 is 0. The number of hydrogen-bond donors (Lipinski definition) is 1. The molecule has 1 aliphatic rings. The summed E-state index contributed by atoms with van der Waals surface area (Å²) in [4.78, 5) is 2.27. The van der Waals surface area contributed by atoms with Crippen molar-refractivity contribution in [3.63, 3.8) is 0 Å². The number of aryl methyl sites for hydroxylation is 1. The molecule has 1 N–H and O–H groups in total. The smallest absolute Gasteiger partial charge is 0.139 e. The van der Waals surface area contributed by atoms with E-state index in [0.717, 1.165) is 18.8 Å². The Balaban J connectivity index is 2.37. The molecule has 1 aromatic carbocycles. The zero-order valence-electron chi connectivity index (χ0n) is 7.95. The number of rotatable bonds is 1. The number of anilines is 1. The molecule has 0 saturated carbocycles. The first-order valence-corrected chi connectivity index (χ1v) is 4.82. The van der Waals surface area contributed by atoms with E-state index in [1.807, 2.05) is 19.1 Å². The molecule has 1 fully saturated rings. The van der Waals surface area contributed by atoms with E-state index in [1.165, 1.54) is 18.4 Å². The third-order valence-corrected chi connectivity index (χ3v) is 2.64. The van der Waals surface area contributed by atoms with Gasteiger partial charge in [0.1, 0.15) is 5.75 Å². The molecule has 1 aliphatic heterocycles. The molecule has 0 unspecified atom stereocenters. The lowest BCUT2D eigenvalue weighted by Gasteiger charge is -2.20. The van der Waals surface area contributed by atoms with Gasteiger partial charge in [0.2, 0.25) is 0 Å². The fourth-order valence-electron chi connectivity index (χ4n) is 2.00. The second-order valence-corrected chi connectivity index (χ2v) is 3.64. The number of nitrogens with zero attached hydrogens (tertiary/aromatic N) is 1. The Kier molecular flexibility index (Phi) is 2.13. The Morgan fingerprint density at radius 2 is 1.92 bits per heavy atom. The lowest BCUT2D eigenvalue weighted by molar-refractivity contribution is 0.474. The van der Waals surface area contributed by atoms with Gasteiger partial charge in [-0.2, -0.15) is 0 Å². The van der Waals surface area contributed by atoms with Crippen molar-refractivity contribution in [3.8, 4) is 5.75 Å². The number of hydrogen-bond acceptors (Lipinski definition) is 2. The molecule has 0 aromatic heterocycles. The number of aromatic hydroxyl groups is 1. The summed E-state index contributed by atoms with van der Waals surface area (Å²) in [6.45, 7) is 4.21. The molecule has 2 rings (SSSR count). The predicted molar refractivity (Wildman–Crippen MR) is 54.3 cm³/mol. The van der Waals surface area contributed by atoms with Gasteiger partial charge < -0.3 is 10.0 Å². The van der Waals surface area contributed by atoms with E-state index in [4.69, 9.17) is 0 Å². The van der Waals surface area contributed by atoms with E-state index in [-0.39, 0.29) is 0 Å². The van der Waals surface area contributed by atoms with Gasteiger partial charge in [0.25, 0.3) is 0 Å². The summed E-state index contributed by atoms with van der Waals surface area (Å²) in [7, 11) is 0. The summed E-state index contributed by atoms with van der Waals surface area (Å²) in [6.07, 6.45) is 2.49. The molecule has 0 amide bonds. The van der Waals surface area contributed by atoms with E-state index in [2.05, 4.69) is 4.90 Å². The Labute approximate surface area is 78.8 Å². The molecular weight excluding hydrogens is 162 g/mol. The minimum atomic E-state index is 0.418. The molecule has 1 saturated heterocycles. The number of phenolic OH excluding ortho intramolecular Hbond substituents is 1. The molecule has 2 heteroatoms. The summed E-state index contributed by atoms with van der Waals surface area (Å²) >= 11 is 0. The molecule has 13 heavy (non-hydrogen) atoms. The summed E-state index contributed by atoms with van der Waals surface area (Å²) in [5, 5.41) is 9.71. The highest BCUT2D eigenvalue weighted by Gasteiger charge is 2.16. The van der Waals surface area contributed by atoms with Crippen molar-refractivity contribution in [2.75, 3.05) is 18.0 Å². The summed E-state index contributed by atoms with van der Waals surface area (Å²) in [6, 6.07) is 5.71. The van der Waals surface area contributed by atoms with Gasteiger partial charge in [-0.1, -0.05) is 12.1 Å². The monoisotopic (exact) mass is 177 g/mol. The van der Waals surface area contributed by atoms with Crippen molar-refractivity contribution in [1.82, 2.24) is 0 Å². The SMILES string of the molecule is Cc1cccc(O)c1N1CCCC1. The largest absolute Gasteiger partial charge is 0.506 e. The Morgan fingerprint density at radius 3 is 2.54 bits per heavy atom. The maximum atomic E-state index is 9.71. The van der Waals surface area contributed by atoms with Gasteiger partial charge in [0.05, 0.1) is 5.69 Å². The highest BCUT2D eigenvalue weighted by molar-refractivity contribution is 5.63. The zero-order chi connectivity index (χ0) is 9.26. The lowest BCUT2D eigenvalue weighted by Crippen LogP contribution is -2.18. The minimum Gasteiger partial charge on any atom is -0.506 e. The normalized spacial score (nSPS) is 16.5. The molecule has 0 bridgehead atoms. The van der Waals surface area contributed by atoms with Gasteiger partial charge in [-0.15, -0.1) is 0 Å². The van der Waals surface area contributed by atoms with Gasteiger partial charge in [-0.05, 0) is 31.4 Å². The van der Waals surface area contributed by atoms with Gasteiger partial charge in [0, 0.05) is 13.1 Å². The second-order valence-electron chi connectivity index (χ2n) is 3.64. The van der Waals surface area contributed by atoms with Crippen LogP contribution >= 0.6 is 0 Å². The molecule has 70 valence electrons. The first kappa shape index (κ1) is 8.42. The molecule has 0 radical (unpaired) electrons. The Morgan fingerprint density at radius 1 is 1.23 bits per heavy atom. The van der Waals surface area contributed by atoms with Crippen LogP contribution in [0.2, 0.25) is 0 Å². The van der Waals surface area contributed by atoms with Crippen LogP contribution in [0.25, 0.3) is 0 Å². The molecular formula is C11H15NO. The molecule has 1 heterocycles. The van der Waals surface area contributed by atoms with Crippen LogP contribution in [0.15, 0.2) is 18.2 Å². The molecule has 1 aromatic rings. The van der Waals surface area contributed by atoms with Crippen molar-refractivity contribution in [3.05, 3.63) is 23.8 Å². The second kappa shape index (κ2) is 3.29. The summed E-state index contributed by atoms with van der Waals surface area (Å²) in [5.74, 6) is 0.418. The van der Waals surface area contributed by atoms with Crippen LogP contribution in [0, 0.1) is 6.92 Å². The van der Waals surface area contributed by atoms with Gasteiger partial charge in [-0.3, -0.25) is 0 Å². The Bertz CT molecular complexity index is 283. The van der Waals surface area contributed by atoms with Crippen molar-refractivity contribution < 1.29 is 5.11 Å². The predicted octanol–water partition coefficient (Wildman–Crippen LogP) is 2.30. The fourth-order valence-corrected chi connectivity index (χ4v) is 2.00. The van der Waals surface area contributed by atoms with Crippen molar-refractivity contribution in [2.45, 2.75) is 19.8 Å². The molecule has 2 nitrogen and oxygen atoms in total. The zero-order valence-corrected chi connectivity index (χ0v) is 7.95. The van der Waals surface area contributed by atoms with E-state index in [9.17, 15) is 5.11 Å². The van der Waals surface area contributed by atoms with Crippen LogP contribution in [0.5, 0.6) is 5.75 Å². The number of phenols is 1. The van der Waals surface area contributed by atoms with E-state index >= 15 is 0 Å². The maximum absolute atomic E-state index is 9.71. The third-order valence-electron chi connectivity index (χ3n) is 2.64. The van der Waals surface area contributed by atoms with Crippen molar-refractivity contribution in [2.24, 2.45) is 0 Å². The standard InChI is InChI=1S/C11H15NO/c1-9-5-4-6-10(13)11(9)12-7-2-3-8-12/h4-6,13H,2-3,7-8H2,1H3. The average molecular weight is 177 g/mol. The van der Waals surface area contributed by atoms with Gasteiger partial charge in [0.15, 0.2) is 0 Å². The average Bonchev–Trinajstić information content (AvgIpc) is 2.57. The highest BCUT2D eigenvalue weighted by atomic mass is 16.3. The van der Waals surface area contributed by atoms with E-state index < -0.39 is 0 Å². The van der Waals surface area contributed by atoms with Crippen LogP contribution in [0.3, 0.4) is 0 Å². The quantitative estimate of drug-likeness (QED) is 0.711. The third kappa shape index (κ3) is 1.48. The van der Waals surface area contributed by atoms with Crippen LogP contribution < -0.4 is 4.90 Å². The van der Waals surface area contributed by atoms with Crippen LogP contribution in [0.4, 0.5) is 5.69 Å². The van der Waals surface area contributed by atoms with Crippen LogP contribution in [-0.2, 0) is 0 Å². The van der Waals surface area contributed by atoms with Gasteiger partial charge in [-0.25, -0.2) is 0 Å². The fraction of sp³-hybridized carbons (Fsp3) is 0.455. The first-order valence-electron chi connectivity index (χ1n) is 4.82. The minimum absolute atomic E-state index is 0.418.